The van der Waals surface area contributed by atoms with Crippen molar-refractivity contribution in [3.63, 3.8) is 0 Å². The second-order valence-electron chi connectivity index (χ2n) is 7.95. The van der Waals surface area contributed by atoms with Gasteiger partial charge in [0.1, 0.15) is 5.25 Å². The molecule has 5 rings (SSSR count). The number of pyridine rings is 1. The van der Waals surface area contributed by atoms with Gasteiger partial charge in [0, 0.05) is 29.0 Å². The molecule has 8 heteroatoms. The molecule has 0 bridgehead atoms. The maximum Gasteiger partial charge on any atom is 0.238 e. The van der Waals surface area contributed by atoms with Crippen LogP contribution < -0.4 is 5.32 Å². The predicted molar refractivity (Wildman–Crippen MR) is 131 cm³/mol. The number of thioether (sulfide) groups is 1. The summed E-state index contributed by atoms with van der Waals surface area (Å²) in [7, 11) is 0. The molecule has 1 N–H and O–H groups in total. The third-order valence-electron chi connectivity index (χ3n) is 5.54. The number of hydrogen-bond donors (Lipinski definition) is 1. The highest BCUT2D eigenvalue weighted by atomic mass is 35.5. The topological polar surface area (TPSA) is 72.7 Å². The molecule has 0 aliphatic heterocycles. The van der Waals surface area contributed by atoms with Crippen molar-refractivity contribution >= 4 is 29.3 Å². The van der Waals surface area contributed by atoms with Crippen LogP contribution >= 0.6 is 23.4 Å². The summed E-state index contributed by atoms with van der Waals surface area (Å²) < 4.78 is 1.97. The fourth-order valence-corrected chi connectivity index (χ4v) is 4.83. The lowest BCUT2D eigenvalue weighted by Crippen LogP contribution is -2.30. The van der Waals surface area contributed by atoms with Crippen LogP contribution in [0.25, 0.3) is 17.1 Å². The fourth-order valence-electron chi connectivity index (χ4n) is 3.60. The normalized spacial score (nSPS) is 14.1. The molecular formula is C25H22ClN5OS. The maximum atomic E-state index is 13.2. The van der Waals surface area contributed by atoms with Gasteiger partial charge >= 0.3 is 0 Å². The summed E-state index contributed by atoms with van der Waals surface area (Å²) in [6.45, 7) is 1.97. The minimum absolute atomic E-state index is 0.0171. The Morgan fingerprint density at radius 1 is 1.06 bits per heavy atom. The molecule has 0 saturated heterocycles. The first-order valence-corrected chi connectivity index (χ1v) is 12.0. The van der Waals surface area contributed by atoms with E-state index in [4.69, 9.17) is 11.6 Å². The summed E-state index contributed by atoms with van der Waals surface area (Å²) in [5, 5.41) is 13.0. The van der Waals surface area contributed by atoms with Crippen molar-refractivity contribution in [3.05, 3.63) is 89.2 Å². The lowest BCUT2D eigenvalue weighted by atomic mass is 10.1. The van der Waals surface area contributed by atoms with E-state index in [-0.39, 0.29) is 11.9 Å². The standard InChI is InChI=1S/C25H22ClN5OS/c1-16-20(26)8-5-9-21(16)31-23(18-12-14-27-15-13-18)29-30-25(31)33-22(17-6-3-2-4-7-17)24(32)28-19-10-11-19/h2-9,12-15,19,22H,10-11H2,1H3,(H,28,32)/t22-/m1/s1. The van der Waals surface area contributed by atoms with E-state index >= 15 is 0 Å². The van der Waals surface area contributed by atoms with Crippen LogP contribution in [0.2, 0.25) is 5.02 Å². The third kappa shape index (κ3) is 4.65. The summed E-state index contributed by atoms with van der Waals surface area (Å²) in [6, 6.07) is 19.6. The SMILES string of the molecule is Cc1c(Cl)cccc1-n1c(S[C@@H](C(=O)NC2CC2)c2ccccc2)nnc1-c1ccncc1. The average molecular weight is 476 g/mol. The lowest BCUT2D eigenvalue weighted by Gasteiger charge is -2.18. The Labute approximate surface area is 201 Å². The van der Waals surface area contributed by atoms with E-state index in [1.165, 1.54) is 11.8 Å². The zero-order valence-electron chi connectivity index (χ0n) is 18.0. The molecule has 2 aromatic heterocycles. The van der Waals surface area contributed by atoms with E-state index in [1.54, 1.807) is 12.4 Å². The number of amides is 1. The number of carbonyl (C=O) groups excluding carboxylic acids is 1. The van der Waals surface area contributed by atoms with E-state index in [0.29, 0.717) is 16.0 Å². The minimum Gasteiger partial charge on any atom is -0.352 e. The van der Waals surface area contributed by atoms with Crippen molar-refractivity contribution in [2.75, 3.05) is 0 Å². The molecule has 166 valence electrons. The minimum atomic E-state index is -0.459. The summed E-state index contributed by atoms with van der Waals surface area (Å²) in [6.07, 6.45) is 5.51. The zero-order chi connectivity index (χ0) is 22.8. The fraction of sp³-hybridized carbons (Fsp3) is 0.200. The summed E-state index contributed by atoms with van der Waals surface area (Å²) >= 11 is 7.85. The molecule has 0 unspecified atom stereocenters. The largest absolute Gasteiger partial charge is 0.352 e. The molecule has 1 aliphatic carbocycles. The maximum absolute atomic E-state index is 13.2. The van der Waals surface area contributed by atoms with Gasteiger partial charge in [0.05, 0.1) is 5.69 Å². The van der Waals surface area contributed by atoms with Crippen LogP contribution in [0.4, 0.5) is 0 Å². The van der Waals surface area contributed by atoms with Gasteiger partial charge in [0.15, 0.2) is 11.0 Å². The monoisotopic (exact) mass is 475 g/mol. The van der Waals surface area contributed by atoms with E-state index in [1.807, 2.05) is 72.2 Å². The van der Waals surface area contributed by atoms with Crippen molar-refractivity contribution in [3.8, 4) is 17.1 Å². The van der Waals surface area contributed by atoms with Gasteiger partial charge in [-0.15, -0.1) is 10.2 Å². The number of nitrogens with one attached hydrogen (secondary N) is 1. The molecule has 33 heavy (non-hydrogen) atoms. The van der Waals surface area contributed by atoms with E-state index in [9.17, 15) is 4.79 Å². The Balaban J connectivity index is 1.61. The predicted octanol–water partition coefficient (Wildman–Crippen LogP) is 5.40. The first-order valence-electron chi connectivity index (χ1n) is 10.7. The third-order valence-corrected chi connectivity index (χ3v) is 7.15. The van der Waals surface area contributed by atoms with Gasteiger partial charge in [-0.05, 0) is 55.2 Å². The van der Waals surface area contributed by atoms with Gasteiger partial charge in [0.25, 0.3) is 0 Å². The van der Waals surface area contributed by atoms with Crippen LogP contribution in [0.5, 0.6) is 0 Å². The highest BCUT2D eigenvalue weighted by Crippen LogP contribution is 2.39. The van der Waals surface area contributed by atoms with Crippen molar-refractivity contribution in [2.24, 2.45) is 0 Å². The number of nitrogens with zero attached hydrogens (tertiary/aromatic N) is 4. The van der Waals surface area contributed by atoms with Gasteiger partial charge in [0.2, 0.25) is 5.91 Å². The Bertz CT molecular complexity index is 1270. The first kappa shape index (κ1) is 21.7. The van der Waals surface area contributed by atoms with Crippen LogP contribution in [0.15, 0.2) is 78.2 Å². The molecule has 0 radical (unpaired) electrons. The molecule has 1 atom stereocenters. The Hall–Kier alpha value is -3.16. The van der Waals surface area contributed by atoms with Crippen LogP contribution in [0, 0.1) is 6.92 Å². The number of rotatable bonds is 7. The molecule has 1 amide bonds. The van der Waals surface area contributed by atoms with Crippen LogP contribution in [-0.4, -0.2) is 31.7 Å². The second-order valence-corrected chi connectivity index (χ2v) is 9.43. The quantitative estimate of drug-likeness (QED) is 0.362. The van der Waals surface area contributed by atoms with E-state index in [0.717, 1.165) is 35.2 Å². The van der Waals surface area contributed by atoms with Crippen LogP contribution in [0.1, 0.15) is 29.2 Å². The van der Waals surface area contributed by atoms with Gasteiger partial charge < -0.3 is 5.32 Å². The Kier molecular flexibility index (Phi) is 6.15. The Morgan fingerprint density at radius 3 is 2.55 bits per heavy atom. The summed E-state index contributed by atoms with van der Waals surface area (Å²) in [4.78, 5) is 17.3. The zero-order valence-corrected chi connectivity index (χ0v) is 19.6. The number of carbonyl (C=O) groups is 1. The molecule has 1 fully saturated rings. The van der Waals surface area contributed by atoms with Crippen molar-refractivity contribution in [1.82, 2.24) is 25.1 Å². The van der Waals surface area contributed by atoms with Crippen molar-refractivity contribution in [1.29, 1.82) is 0 Å². The van der Waals surface area contributed by atoms with Gasteiger partial charge in [-0.25, -0.2) is 0 Å². The van der Waals surface area contributed by atoms with E-state index in [2.05, 4.69) is 20.5 Å². The van der Waals surface area contributed by atoms with Crippen molar-refractivity contribution in [2.45, 2.75) is 36.2 Å². The lowest BCUT2D eigenvalue weighted by molar-refractivity contribution is -0.120. The molecule has 1 saturated carbocycles. The molecule has 2 aromatic carbocycles. The Morgan fingerprint density at radius 2 is 1.82 bits per heavy atom. The number of hydrogen-bond acceptors (Lipinski definition) is 5. The van der Waals surface area contributed by atoms with E-state index < -0.39 is 5.25 Å². The van der Waals surface area contributed by atoms with Crippen LogP contribution in [-0.2, 0) is 4.79 Å². The number of benzene rings is 2. The number of halogens is 1. The van der Waals surface area contributed by atoms with Gasteiger partial charge in [-0.3, -0.25) is 14.3 Å². The highest BCUT2D eigenvalue weighted by molar-refractivity contribution is 8.00. The first-order chi connectivity index (χ1) is 16.1. The highest BCUT2D eigenvalue weighted by Gasteiger charge is 2.31. The van der Waals surface area contributed by atoms with Gasteiger partial charge in [-0.2, -0.15) is 0 Å². The average Bonchev–Trinajstić information content (AvgIpc) is 3.56. The summed E-state index contributed by atoms with van der Waals surface area (Å²) in [5.41, 5.74) is 3.58. The molecule has 6 nitrogen and oxygen atoms in total. The molecule has 4 aromatic rings. The van der Waals surface area contributed by atoms with Crippen LogP contribution in [0.3, 0.4) is 0 Å². The molecular weight excluding hydrogens is 454 g/mol. The smallest absolute Gasteiger partial charge is 0.238 e. The second kappa shape index (κ2) is 9.37. The molecule has 2 heterocycles. The van der Waals surface area contributed by atoms with Gasteiger partial charge in [-0.1, -0.05) is 59.8 Å². The molecule has 0 spiro atoms. The number of aromatic nitrogens is 4. The molecule has 1 aliphatic rings. The summed E-state index contributed by atoms with van der Waals surface area (Å²) in [5.74, 6) is 0.649. The van der Waals surface area contributed by atoms with Crippen molar-refractivity contribution < 1.29 is 4.79 Å².